The molecule has 1 aromatic carbocycles. The Morgan fingerprint density at radius 1 is 1.16 bits per heavy atom. The van der Waals surface area contributed by atoms with E-state index in [0.29, 0.717) is 35.2 Å². The van der Waals surface area contributed by atoms with E-state index in [4.69, 9.17) is 10.7 Å². The van der Waals surface area contributed by atoms with Gasteiger partial charge in [0, 0.05) is 30.4 Å². The first-order valence-corrected chi connectivity index (χ1v) is 16.9. The van der Waals surface area contributed by atoms with Crippen molar-refractivity contribution < 1.29 is 23.1 Å². The maximum atomic E-state index is 13.5. The summed E-state index contributed by atoms with van der Waals surface area (Å²) in [6.07, 6.45) is 9.94. The number of fused-ring (bicyclic) bond motifs is 2. The lowest BCUT2D eigenvalue weighted by molar-refractivity contribution is 0.0541. The van der Waals surface area contributed by atoms with Gasteiger partial charge in [-0.25, -0.2) is 17.9 Å². The van der Waals surface area contributed by atoms with Gasteiger partial charge in [-0.3, -0.25) is 14.3 Å². The van der Waals surface area contributed by atoms with Crippen molar-refractivity contribution in [3.63, 3.8) is 0 Å². The number of carbonyl (C=O) groups excluding carboxylic acids is 2. The van der Waals surface area contributed by atoms with Gasteiger partial charge < -0.3 is 21.1 Å². The van der Waals surface area contributed by atoms with Gasteiger partial charge in [0.25, 0.3) is 11.8 Å². The Kier molecular flexibility index (Phi) is 6.47. The Balaban J connectivity index is 1.19. The molecule has 3 aromatic rings. The highest BCUT2D eigenvalue weighted by Gasteiger charge is 2.48. The van der Waals surface area contributed by atoms with Crippen molar-refractivity contribution >= 4 is 39.0 Å². The normalized spacial score (nSPS) is 23.7. The van der Waals surface area contributed by atoms with Gasteiger partial charge in [-0.15, -0.1) is 5.10 Å². The molecule has 2 amide bonds. The Morgan fingerprint density at radius 2 is 1.88 bits per heavy atom. The van der Waals surface area contributed by atoms with E-state index in [-0.39, 0.29) is 46.6 Å². The van der Waals surface area contributed by atoms with Crippen LogP contribution in [0.3, 0.4) is 0 Å². The van der Waals surface area contributed by atoms with Crippen molar-refractivity contribution in [2.45, 2.75) is 82.5 Å². The number of hydrogen-bond acceptors (Lipinski definition) is 8. The number of aromatic nitrogens is 3. The highest BCUT2D eigenvalue weighted by Crippen LogP contribution is 2.48. The first kappa shape index (κ1) is 28.1. The molecule has 3 aliphatic carbocycles. The van der Waals surface area contributed by atoms with Gasteiger partial charge in [-0.2, -0.15) is 0 Å². The van der Waals surface area contributed by atoms with Crippen molar-refractivity contribution in [1.82, 2.24) is 24.8 Å². The van der Waals surface area contributed by atoms with Crippen LogP contribution in [-0.4, -0.2) is 68.8 Å². The standard InChI is InChI=1S/C30H37N7O5S/c1-16(17-3-4-17)36-15-19-13-18(14-23(24(19)29(36)39)35-43(2,41)42)22-9-12-37-27(33-22)25(26(31)34-37)28(38)32-21-7-5-20(6-8-21)30(40)10-11-30/h9,12-14,16-17,20-21,35,40H,3-8,10-11,15H2,1-2H3,(H2,31,34)(H,32,38)/t16?,20-,21-. The number of hydrogen-bond donors (Lipinski definition) is 4. The molecule has 1 aliphatic heterocycles. The maximum Gasteiger partial charge on any atom is 0.259 e. The number of anilines is 2. The number of amides is 2. The summed E-state index contributed by atoms with van der Waals surface area (Å²) in [4.78, 5) is 33.5. The average Bonchev–Trinajstić information content (AvgIpc) is 3.87. The molecule has 0 saturated heterocycles. The lowest BCUT2D eigenvalue weighted by Gasteiger charge is -2.32. The first-order chi connectivity index (χ1) is 20.4. The van der Waals surface area contributed by atoms with Crippen LogP contribution in [0.4, 0.5) is 11.5 Å². The SMILES string of the molecule is CC(C1CC1)N1Cc2cc(-c3ccn4nc(N)c(C(=O)N[C@H]5CC[C@H](C6(O)CC6)CC5)c4n3)cc(NS(C)(=O)=O)c2C1=O. The van der Waals surface area contributed by atoms with Crippen LogP contribution in [0.2, 0.25) is 0 Å². The highest BCUT2D eigenvalue weighted by molar-refractivity contribution is 7.92. The fourth-order valence-corrected chi connectivity index (χ4v) is 7.52. The van der Waals surface area contributed by atoms with Crippen LogP contribution in [0.15, 0.2) is 24.4 Å². The smallest absolute Gasteiger partial charge is 0.259 e. The number of nitrogen functional groups attached to an aromatic ring is 1. The van der Waals surface area contributed by atoms with Gasteiger partial charge in [0.05, 0.1) is 28.8 Å². The fourth-order valence-electron chi connectivity index (χ4n) is 6.96. The van der Waals surface area contributed by atoms with Gasteiger partial charge in [-0.05, 0) is 93.9 Å². The number of aliphatic hydroxyl groups is 1. The van der Waals surface area contributed by atoms with E-state index in [9.17, 15) is 23.1 Å². The van der Waals surface area contributed by atoms with Crippen LogP contribution in [-0.2, 0) is 16.6 Å². The lowest BCUT2D eigenvalue weighted by Crippen LogP contribution is -2.40. The summed E-state index contributed by atoms with van der Waals surface area (Å²) in [5.74, 6) is 0.282. The van der Waals surface area contributed by atoms with Crippen LogP contribution in [0, 0.1) is 11.8 Å². The van der Waals surface area contributed by atoms with Gasteiger partial charge in [0.2, 0.25) is 10.0 Å². The molecule has 3 heterocycles. The predicted molar refractivity (Wildman–Crippen MR) is 161 cm³/mol. The van der Waals surface area contributed by atoms with E-state index >= 15 is 0 Å². The number of nitrogens with two attached hydrogens (primary N) is 1. The van der Waals surface area contributed by atoms with Gasteiger partial charge in [-0.1, -0.05) is 0 Å². The molecule has 228 valence electrons. The van der Waals surface area contributed by atoms with E-state index < -0.39 is 15.6 Å². The molecule has 2 aromatic heterocycles. The molecular weight excluding hydrogens is 570 g/mol. The van der Waals surface area contributed by atoms with E-state index in [2.05, 4.69) is 15.1 Å². The zero-order valence-corrected chi connectivity index (χ0v) is 25.2. The van der Waals surface area contributed by atoms with Crippen LogP contribution in [0.25, 0.3) is 16.9 Å². The summed E-state index contributed by atoms with van der Waals surface area (Å²) in [7, 11) is -3.67. The summed E-state index contributed by atoms with van der Waals surface area (Å²) >= 11 is 0. The zero-order valence-electron chi connectivity index (χ0n) is 24.3. The van der Waals surface area contributed by atoms with E-state index in [1.165, 1.54) is 4.52 Å². The second-order valence-corrected chi connectivity index (χ2v) is 14.7. The summed E-state index contributed by atoms with van der Waals surface area (Å²) in [5.41, 5.74) is 8.55. The molecule has 3 fully saturated rings. The number of nitrogens with zero attached hydrogens (tertiary/aromatic N) is 4. The number of nitrogens with one attached hydrogen (secondary N) is 2. The molecule has 7 rings (SSSR count). The molecule has 13 heteroatoms. The minimum Gasteiger partial charge on any atom is -0.390 e. The Hall–Kier alpha value is -3.71. The van der Waals surface area contributed by atoms with Crippen LogP contribution in [0.1, 0.15) is 84.6 Å². The van der Waals surface area contributed by atoms with Gasteiger partial charge in [0.15, 0.2) is 11.5 Å². The third kappa shape index (κ3) is 5.22. The highest BCUT2D eigenvalue weighted by atomic mass is 32.2. The van der Waals surface area contributed by atoms with Crippen LogP contribution < -0.4 is 15.8 Å². The van der Waals surface area contributed by atoms with E-state index in [1.807, 2.05) is 17.9 Å². The van der Waals surface area contributed by atoms with E-state index in [1.54, 1.807) is 18.3 Å². The van der Waals surface area contributed by atoms with Crippen molar-refractivity contribution in [3.8, 4) is 11.3 Å². The molecular formula is C30H37N7O5S. The third-order valence-electron chi connectivity index (χ3n) is 9.75. The lowest BCUT2D eigenvalue weighted by atomic mass is 9.81. The number of sulfonamides is 1. The Labute approximate surface area is 250 Å². The molecule has 0 radical (unpaired) electrons. The molecule has 0 spiro atoms. The fraction of sp³-hybridized carbons (Fsp3) is 0.533. The zero-order chi connectivity index (χ0) is 30.3. The summed E-state index contributed by atoms with van der Waals surface area (Å²) in [5, 5.41) is 17.9. The van der Waals surface area contributed by atoms with Gasteiger partial charge in [0.1, 0.15) is 5.56 Å². The molecule has 43 heavy (non-hydrogen) atoms. The minimum absolute atomic E-state index is 0.0246. The largest absolute Gasteiger partial charge is 0.390 e. The molecule has 12 nitrogen and oxygen atoms in total. The second kappa shape index (κ2) is 9.91. The van der Waals surface area contributed by atoms with Gasteiger partial charge >= 0.3 is 0 Å². The average molecular weight is 608 g/mol. The molecule has 1 atom stereocenters. The quantitative estimate of drug-likeness (QED) is 0.303. The molecule has 0 bridgehead atoms. The first-order valence-electron chi connectivity index (χ1n) is 15.0. The summed E-state index contributed by atoms with van der Waals surface area (Å²) in [6, 6.07) is 5.24. The molecule has 3 saturated carbocycles. The topological polar surface area (TPSA) is 172 Å². The van der Waals surface area contributed by atoms with Crippen molar-refractivity contribution in [2.24, 2.45) is 11.8 Å². The molecule has 4 aliphatic rings. The monoisotopic (exact) mass is 607 g/mol. The number of carbonyl (C=O) groups is 2. The van der Waals surface area contributed by atoms with Crippen molar-refractivity contribution in [3.05, 3.63) is 41.1 Å². The second-order valence-electron chi connectivity index (χ2n) is 12.9. The Morgan fingerprint density at radius 3 is 2.53 bits per heavy atom. The van der Waals surface area contributed by atoms with E-state index in [0.717, 1.165) is 63.2 Å². The predicted octanol–water partition coefficient (Wildman–Crippen LogP) is 2.92. The molecule has 5 N–H and O–H groups in total. The maximum absolute atomic E-state index is 13.5. The summed E-state index contributed by atoms with van der Waals surface area (Å²) in [6.45, 7) is 2.42. The minimum atomic E-state index is -3.67. The van der Waals surface area contributed by atoms with Crippen molar-refractivity contribution in [2.75, 3.05) is 16.7 Å². The number of rotatable bonds is 8. The van der Waals surface area contributed by atoms with Crippen LogP contribution in [0.5, 0.6) is 0 Å². The third-order valence-corrected chi connectivity index (χ3v) is 10.3. The van der Waals surface area contributed by atoms with Crippen molar-refractivity contribution in [1.29, 1.82) is 0 Å². The number of benzene rings is 1. The van der Waals surface area contributed by atoms with Crippen LogP contribution >= 0.6 is 0 Å². The Bertz CT molecular complexity index is 1750. The summed E-state index contributed by atoms with van der Waals surface area (Å²) < 4.78 is 28.6. The molecule has 1 unspecified atom stereocenters.